The van der Waals surface area contributed by atoms with Crippen molar-refractivity contribution in [3.63, 3.8) is 0 Å². The first-order chi connectivity index (χ1) is 14.4. The van der Waals surface area contributed by atoms with Crippen LogP contribution < -0.4 is 5.56 Å². The van der Waals surface area contributed by atoms with Crippen LogP contribution in [0.15, 0.2) is 35.5 Å². The minimum absolute atomic E-state index is 0.0414. The SMILES string of the molecule is Cn1cc(C(=O)C2CCN(C(=O)CCCc3cc4c(ccn4C)c(=O)[nH]3)CC2)cn1. The summed E-state index contributed by atoms with van der Waals surface area (Å²) in [5.74, 6) is 0.195. The van der Waals surface area contributed by atoms with Gasteiger partial charge in [-0.2, -0.15) is 5.10 Å². The molecule has 30 heavy (non-hydrogen) atoms. The largest absolute Gasteiger partial charge is 0.350 e. The summed E-state index contributed by atoms with van der Waals surface area (Å²) in [4.78, 5) is 42.1. The summed E-state index contributed by atoms with van der Waals surface area (Å²) < 4.78 is 3.56. The highest BCUT2D eigenvalue weighted by atomic mass is 16.2. The van der Waals surface area contributed by atoms with E-state index in [1.54, 1.807) is 24.1 Å². The average molecular weight is 409 g/mol. The fourth-order valence-electron chi connectivity index (χ4n) is 4.23. The molecule has 0 bridgehead atoms. The van der Waals surface area contributed by atoms with E-state index in [4.69, 9.17) is 0 Å². The molecule has 1 amide bonds. The maximum atomic E-state index is 12.6. The fourth-order valence-corrected chi connectivity index (χ4v) is 4.23. The van der Waals surface area contributed by atoms with Gasteiger partial charge in [-0.3, -0.25) is 19.1 Å². The predicted octanol–water partition coefficient (Wildman–Crippen LogP) is 2.04. The zero-order chi connectivity index (χ0) is 21.3. The standard InChI is InChI=1S/C22H27N5O3/c1-25-9-8-18-19(25)12-17(24-22(18)30)4-3-5-20(28)27-10-6-15(7-11-27)21(29)16-13-23-26(2)14-16/h8-9,12-15H,3-7,10-11H2,1-2H3,(H,24,30). The molecular formula is C22H27N5O3. The number of carbonyl (C=O) groups is 2. The number of likely N-dealkylation sites (tertiary alicyclic amines) is 1. The molecule has 0 spiro atoms. The number of nitrogens with zero attached hydrogens (tertiary/aromatic N) is 4. The average Bonchev–Trinajstić information content (AvgIpc) is 3.34. The third-order valence-corrected chi connectivity index (χ3v) is 6.00. The highest BCUT2D eigenvalue weighted by Crippen LogP contribution is 2.22. The number of hydrogen-bond donors (Lipinski definition) is 1. The van der Waals surface area contributed by atoms with Gasteiger partial charge < -0.3 is 14.5 Å². The van der Waals surface area contributed by atoms with Crippen LogP contribution in [-0.4, -0.2) is 49.0 Å². The molecule has 158 valence electrons. The second kappa shape index (κ2) is 8.30. The summed E-state index contributed by atoms with van der Waals surface area (Å²) in [5.41, 5.74) is 2.31. The van der Waals surface area contributed by atoms with Gasteiger partial charge in [0.05, 0.1) is 22.7 Å². The monoisotopic (exact) mass is 409 g/mol. The number of Topliss-reactive ketones (excluding diaryl/α,β-unsaturated/α-hetero) is 1. The van der Waals surface area contributed by atoms with Crippen molar-refractivity contribution in [2.75, 3.05) is 13.1 Å². The number of piperidine rings is 1. The van der Waals surface area contributed by atoms with Crippen LogP contribution in [0.4, 0.5) is 0 Å². The lowest BCUT2D eigenvalue weighted by molar-refractivity contribution is -0.132. The van der Waals surface area contributed by atoms with Crippen molar-refractivity contribution in [1.29, 1.82) is 0 Å². The number of pyridine rings is 1. The molecule has 0 unspecified atom stereocenters. The van der Waals surface area contributed by atoms with Gasteiger partial charge in [-0.25, -0.2) is 0 Å². The maximum absolute atomic E-state index is 12.6. The quantitative estimate of drug-likeness (QED) is 0.631. The van der Waals surface area contributed by atoms with Crippen LogP contribution in [0.2, 0.25) is 0 Å². The lowest BCUT2D eigenvalue weighted by atomic mass is 9.90. The van der Waals surface area contributed by atoms with Crippen LogP contribution in [0.3, 0.4) is 0 Å². The van der Waals surface area contributed by atoms with Gasteiger partial charge in [0.2, 0.25) is 5.91 Å². The minimum Gasteiger partial charge on any atom is -0.350 e. The van der Waals surface area contributed by atoms with E-state index in [0.717, 1.165) is 11.2 Å². The Bertz CT molecular complexity index is 1130. The van der Waals surface area contributed by atoms with E-state index in [2.05, 4.69) is 10.1 Å². The Kier molecular flexibility index (Phi) is 5.57. The number of aryl methyl sites for hydroxylation is 3. The van der Waals surface area contributed by atoms with Gasteiger partial charge in [0.15, 0.2) is 5.78 Å². The van der Waals surface area contributed by atoms with Crippen molar-refractivity contribution in [3.05, 3.63) is 52.3 Å². The van der Waals surface area contributed by atoms with Crippen molar-refractivity contribution in [1.82, 2.24) is 24.2 Å². The van der Waals surface area contributed by atoms with Gasteiger partial charge in [-0.15, -0.1) is 0 Å². The van der Waals surface area contributed by atoms with E-state index < -0.39 is 0 Å². The van der Waals surface area contributed by atoms with Crippen LogP contribution in [-0.2, 0) is 25.3 Å². The van der Waals surface area contributed by atoms with Gasteiger partial charge in [-0.1, -0.05) is 0 Å². The fraction of sp³-hybridized carbons (Fsp3) is 0.455. The molecule has 0 aliphatic carbocycles. The number of rotatable bonds is 6. The molecule has 1 saturated heterocycles. The number of nitrogens with one attached hydrogen (secondary N) is 1. The number of carbonyl (C=O) groups excluding carboxylic acids is 2. The Morgan fingerprint density at radius 1 is 1.23 bits per heavy atom. The van der Waals surface area contributed by atoms with Gasteiger partial charge in [0, 0.05) is 57.6 Å². The Labute approximate surface area is 174 Å². The van der Waals surface area contributed by atoms with E-state index in [-0.39, 0.29) is 23.2 Å². The molecule has 1 N–H and O–H groups in total. The molecule has 0 aromatic carbocycles. The highest BCUT2D eigenvalue weighted by Gasteiger charge is 2.28. The number of aromatic nitrogens is 4. The lowest BCUT2D eigenvalue weighted by Gasteiger charge is -2.31. The Hall–Kier alpha value is -3.16. The van der Waals surface area contributed by atoms with Gasteiger partial charge >= 0.3 is 0 Å². The second-order valence-electron chi connectivity index (χ2n) is 8.12. The molecule has 4 rings (SSSR count). The molecular weight excluding hydrogens is 382 g/mol. The Morgan fingerprint density at radius 3 is 2.70 bits per heavy atom. The number of aromatic amines is 1. The molecule has 0 radical (unpaired) electrons. The summed E-state index contributed by atoms with van der Waals surface area (Å²) in [6, 6.07) is 3.79. The molecule has 1 aliphatic rings. The van der Waals surface area contributed by atoms with Crippen molar-refractivity contribution >= 4 is 22.6 Å². The van der Waals surface area contributed by atoms with E-state index in [0.29, 0.717) is 56.1 Å². The molecule has 0 saturated carbocycles. The van der Waals surface area contributed by atoms with E-state index in [9.17, 15) is 14.4 Å². The summed E-state index contributed by atoms with van der Waals surface area (Å²) in [6.45, 7) is 1.23. The van der Waals surface area contributed by atoms with E-state index in [1.807, 2.05) is 34.8 Å². The highest BCUT2D eigenvalue weighted by molar-refractivity contribution is 5.97. The van der Waals surface area contributed by atoms with Crippen molar-refractivity contribution in [2.24, 2.45) is 20.0 Å². The van der Waals surface area contributed by atoms with Crippen LogP contribution in [0.25, 0.3) is 10.9 Å². The summed E-state index contributed by atoms with van der Waals surface area (Å²) >= 11 is 0. The molecule has 0 atom stereocenters. The van der Waals surface area contributed by atoms with Gasteiger partial charge in [-0.05, 0) is 37.8 Å². The van der Waals surface area contributed by atoms with Crippen LogP contribution in [0, 0.1) is 5.92 Å². The summed E-state index contributed by atoms with van der Waals surface area (Å²) in [5, 5.41) is 4.75. The summed E-state index contributed by atoms with van der Waals surface area (Å²) in [6.07, 6.45) is 8.38. The molecule has 3 aromatic rings. The zero-order valence-corrected chi connectivity index (χ0v) is 17.4. The van der Waals surface area contributed by atoms with Crippen molar-refractivity contribution < 1.29 is 9.59 Å². The zero-order valence-electron chi connectivity index (χ0n) is 17.4. The molecule has 8 nitrogen and oxygen atoms in total. The van der Waals surface area contributed by atoms with Crippen molar-refractivity contribution in [3.8, 4) is 0 Å². The molecule has 4 heterocycles. The third-order valence-electron chi connectivity index (χ3n) is 6.00. The van der Waals surface area contributed by atoms with Crippen LogP contribution in [0.1, 0.15) is 41.7 Å². The molecule has 8 heteroatoms. The summed E-state index contributed by atoms with van der Waals surface area (Å²) in [7, 11) is 3.71. The first-order valence-electron chi connectivity index (χ1n) is 10.4. The molecule has 1 aliphatic heterocycles. The Morgan fingerprint density at radius 2 is 2.00 bits per heavy atom. The first kappa shape index (κ1) is 20.1. The maximum Gasteiger partial charge on any atom is 0.257 e. The minimum atomic E-state index is -0.0882. The number of ketones is 1. The first-order valence-corrected chi connectivity index (χ1v) is 10.4. The third kappa shape index (κ3) is 4.08. The topological polar surface area (TPSA) is 93.0 Å². The lowest BCUT2D eigenvalue weighted by Crippen LogP contribution is -2.40. The normalized spacial score (nSPS) is 15.1. The second-order valence-corrected chi connectivity index (χ2v) is 8.12. The number of fused-ring (bicyclic) bond motifs is 1. The number of hydrogen-bond acceptors (Lipinski definition) is 4. The Balaban J connectivity index is 1.27. The smallest absolute Gasteiger partial charge is 0.257 e. The van der Waals surface area contributed by atoms with Crippen LogP contribution in [0.5, 0.6) is 0 Å². The number of amides is 1. The van der Waals surface area contributed by atoms with E-state index in [1.165, 1.54) is 0 Å². The van der Waals surface area contributed by atoms with Gasteiger partial charge in [0.1, 0.15) is 0 Å². The number of H-pyrrole nitrogens is 1. The van der Waals surface area contributed by atoms with Crippen LogP contribution >= 0.6 is 0 Å². The van der Waals surface area contributed by atoms with Crippen molar-refractivity contribution in [2.45, 2.75) is 32.1 Å². The molecule has 3 aromatic heterocycles. The molecule has 1 fully saturated rings. The van der Waals surface area contributed by atoms with Gasteiger partial charge in [0.25, 0.3) is 5.56 Å². The van der Waals surface area contributed by atoms with E-state index >= 15 is 0 Å². The predicted molar refractivity (Wildman–Crippen MR) is 113 cm³/mol.